The monoisotopic (exact) mass is 360 g/mol. The lowest BCUT2D eigenvalue weighted by atomic mass is 9.79. The van der Waals surface area contributed by atoms with E-state index in [4.69, 9.17) is 0 Å². The first-order valence-corrected chi connectivity index (χ1v) is 11.8. The van der Waals surface area contributed by atoms with Crippen molar-refractivity contribution in [3.8, 4) is 0 Å². The Balaban J connectivity index is 2.47. The molecule has 0 radical (unpaired) electrons. The summed E-state index contributed by atoms with van der Waals surface area (Å²) in [5, 5.41) is 0. The number of sulfonamides is 1. The van der Waals surface area contributed by atoms with Crippen LogP contribution in [0.25, 0.3) is 0 Å². The predicted molar refractivity (Wildman–Crippen MR) is 104 cm³/mol. The van der Waals surface area contributed by atoms with Crippen LogP contribution in [0.2, 0.25) is 0 Å². The minimum absolute atomic E-state index is 0.384. The maximum Gasteiger partial charge on any atom is 0.211 e. The van der Waals surface area contributed by atoms with Crippen molar-refractivity contribution in [3.63, 3.8) is 0 Å². The topological polar surface area (TPSA) is 40.6 Å². The van der Waals surface area contributed by atoms with Crippen LogP contribution in [-0.4, -0.2) is 56.6 Å². The zero-order chi connectivity index (χ0) is 18.1. The SMILES string of the molecule is CCCCCCCC(C)(CCCC)CN1CCN(S(C)(=O)=O)CC1. The fraction of sp³-hybridized carbons (Fsp3) is 1.00. The van der Waals surface area contributed by atoms with Gasteiger partial charge in [0.05, 0.1) is 6.26 Å². The number of nitrogens with zero attached hydrogens (tertiary/aromatic N) is 2. The normalized spacial score (nSPS) is 20.2. The molecule has 1 saturated heterocycles. The van der Waals surface area contributed by atoms with E-state index in [9.17, 15) is 8.42 Å². The standard InChI is InChI=1S/C19H40N2O2S/c1-5-7-9-10-11-13-19(3,12-8-6-2)18-20-14-16-21(17-15-20)24(4,22)23/h5-18H2,1-4H3. The van der Waals surface area contributed by atoms with Crippen LogP contribution in [0.15, 0.2) is 0 Å². The molecule has 1 heterocycles. The molecule has 5 heteroatoms. The van der Waals surface area contributed by atoms with Crippen molar-refractivity contribution in [1.82, 2.24) is 9.21 Å². The van der Waals surface area contributed by atoms with Gasteiger partial charge in [-0.15, -0.1) is 0 Å². The molecule has 1 aliphatic rings. The minimum atomic E-state index is -3.02. The second kappa shape index (κ2) is 10.8. The molecule has 1 aliphatic heterocycles. The van der Waals surface area contributed by atoms with E-state index < -0.39 is 10.0 Å². The van der Waals surface area contributed by atoms with Gasteiger partial charge >= 0.3 is 0 Å². The Morgan fingerprint density at radius 2 is 1.38 bits per heavy atom. The molecule has 144 valence electrons. The van der Waals surface area contributed by atoms with Crippen LogP contribution in [0.3, 0.4) is 0 Å². The van der Waals surface area contributed by atoms with Crippen molar-refractivity contribution in [2.75, 3.05) is 39.0 Å². The first-order valence-electron chi connectivity index (χ1n) is 9.98. The number of rotatable bonds is 12. The average Bonchev–Trinajstić information content (AvgIpc) is 2.52. The van der Waals surface area contributed by atoms with Crippen LogP contribution in [0.1, 0.15) is 78.6 Å². The fourth-order valence-electron chi connectivity index (χ4n) is 3.80. The average molecular weight is 361 g/mol. The van der Waals surface area contributed by atoms with Crippen LogP contribution in [0, 0.1) is 5.41 Å². The molecular formula is C19H40N2O2S. The molecule has 4 nitrogen and oxygen atoms in total. The van der Waals surface area contributed by atoms with Gasteiger partial charge in [-0.05, 0) is 18.3 Å². The summed E-state index contributed by atoms with van der Waals surface area (Å²) in [5.41, 5.74) is 0.384. The first kappa shape index (κ1) is 21.9. The molecule has 1 atom stereocenters. The minimum Gasteiger partial charge on any atom is -0.300 e. The molecule has 1 fully saturated rings. The maximum atomic E-state index is 11.7. The highest BCUT2D eigenvalue weighted by Gasteiger charge is 2.30. The highest BCUT2D eigenvalue weighted by molar-refractivity contribution is 7.88. The summed E-state index contributed by atoms with van der Waals surface area (Å²) < 4.78 is 24.9. The number of unbranched alkanes of at least 4 members (excludes halogenated alkanes) is 5. The first-order chi connectivity index (χ1) is 11.3. The van der Waals surface area contributed by atoms with Crippen molar-refractivity contribution in [1.29, 1.82) is 0 Å². The second-order valence-corrected chi connectivity index (χ2v) is 10.00. The van der Waals surface area contributed by atoms with Crippen molar-refractivity contribution in [3.05, 3.63) is 0 Å². The molecule has 0 spiro atoms. The van der Waals surface area contributed by atoms with Crippen LogP contribution in [0.5, 0.6) is 0 Å². The Labute approximate surface area is 151 Å². The van der Waals surface area contributed by atoms with Gasteiger partial charge in [0.25, 0.3) is 0 Å². The van der Waals surface area contributed by atoms with Crippen LogP contribution in [0.4, 0.5) is 0 Å². The second-order valence-electron chi connectivity index (χ2n) is 8.02. The third-order valence-electron chi connectivity index (χ3n) is 5.42. The van der Waals surface area contributed by atoms with E-state index in [1.165, 1.54) is 64.0 Å². The summed E-state index contributed by atoms with van der Waals surface area (Å²) >= 11 is 0. The van der Waals surface area contributed by atoms with E-state index in [-0.39, 0.29) is 0 Å². The lowest BCUT2D eigenvalue weighted by molar-refractivity contribution is 0.106. The third-order valence-corrected chi connectivity index (χ3v) is 6.73. The van der Waals surface area contributed by atoms with Gasteiger partial charge in [0.2, 0.25) is 10.0 Å². The van der Waals surface area contributed by atoms with E-state index in [0.717, 1.165) is 19.6 Å². The summed E-state index contributed by atoms with van der Waals surface area (Å²) in [6, 6.07) is 0. The van der Waals surface area contributed by atoms with E-state index in [2.05, 4.69) is 25.7 Å². The molecule has 0 aliphatic carbocycles. The number of hydrogen-bond donors (Lipinski definition) is 0. The maximum absolute atomic E-state index is 11.7. The van der Waals surface area contributed by atoms with Crippen molar-refractivity contribution >= 4 is 10.0 Å². The van der Waals surface area contributed by atoms with Gasteiger partial charge in [-0.25, -0.2) is 8.42 Å². The lowest BCUT2D eigenvalue weighted by Gasteiger charge is -2.40. The van der Waals surface area contributed by atoms with Gasteiger partial charge in [-0.3, -0.25) is 0 Å². The van der Waals surface area contributed by atoms with Gasteiger partial charge in [-0.2, -0.15) is 4.31 Å². The van der Waals surface area contributed by atoms with E-state index in [1.807, 2.05) is 0 Å². The summed E-state index contributed by atoms with van der Waals surface area (Å²) in [6.45, 7) is 11.2. The lowest BCUT2D eigenvalue weighted by Crippen LogP contribution is -2.50. The molecule has 1 unspecified atom stereocenters. The van der Waals surface area contributed by atoms with E-state index in [1.54, 1.807) is 4.31 Å². The van der Waals surface area contributed by atoms with Crippen molar-refractivity contribution < 1.29 is 8.42 Å². The van der Waals surface area contributed by atoms with Crippen LogP contribution >= 0.6 is 0 Å². The summed E-state index contributed by atoms with van der Waals surface area (Å²) in [4.78, 5) is 2.49. The predicted octanol–water partition coefficient (Wildman–Crippen LogP) is 4.12. The molecule has 1 rings (SSSR count). The molecule has 0 saturated carbocycles. The zero-order valence-electron chi connectivity index (χ0n) is 16.5. The Morgan fingerprint density at radius 3 is 1.92 bits per heavy atom. The molecule has 0 amide bonds. The van der Waals surface area contributed by atoms with Gasteiger partial charge in [0, 0.05) is 32.7 Å². The molecule has 0 aromatic heterocycles. The summed E-state index contributed by atoms with van der Waals surface area (Å²) in [5.74, 6) is 0. The molecule has 0 N–H and O–H groups in total. The molecule has 0 bridgehead atoms. The Morgan fingerprint density at radius 1 is 0.833 bits per heavy atom. The van der Waals surface area contributed by atoms with Crippen molar-refractivity contribution in [2.24, 2.45) is 5.41 Å². The molecular weight excluding hydrogens is 320 g/mol. The Bertz CT molecular complexity index is 431. The Kier molecular flexibility index (Phi) is 9.83. The van der Waals surface area contributed by atoms with Gasteiger partial charge in [-0.1, -0.05) is 65.7 Å². The van der Waals surface area contributed by atoms with Crippen LogP contribution in [-0.2, 0) is 10.0 Å². The third kappa shape index (κ3) is 8.30. The van der Waals surface area contributed by atoms with Crippen LogP contribution < -0.4 is 0 Å². The Hall–Kier alpha value is -0.130. The van der Waals surface area contributed by atoms with Gasteiger partial charge in [0.1, 0.15) is 0 Å². The zero-order valence-corrected chi connectivity index (χ0v) is 17.3. The van der Waals surface area contributed by atoms with E-state index in [0.29, 0.717) is 18.5 Å². The molecule has 24 heavy (non-hydrogen) atoms. The largest absolute Gasteiger partial charge is 0.300 e. The van der Waals surface area contributed by atoms with Gasteiger partial charge in [0.15, 0.2) is 0 Å². The molecule has 0 aromatic rings. The van der Waals surface area contributed by atoms with Gasteiger partial charge < -0.3 is 4.90 Å². The highest BCUT2D eigenvalue weighted by Crippen LogP contribution is 2.32. The molecule has 0 aromatic carbocycles. The number of hydrogen-bond acceptors (Lipinski definition) is 3. The summed E-state index contributed by atoms with van der Waals surface area (Å²) in [6.07, 6.45) is 13.2. The highest BCUT2D eigenvalue weighted by atomic mass is 32.2. The quantitative estimate of drug-likeness (QED) is 0.492. The van der Waals surface area contributed by atoms with Crippen molar-refractivity contribution in [2.45, 2.75) is 78.6 Å². The number of piperazine rings is 1. The smallest absolute Gasteiger partial charge is 0.211 e. The fourth-order valence-corrected chi connectivity index (χ4v) is 4.63. The summed E-state index contributed by atoms with van der Waals surface area (Å²) in [7, 11) is -3.02. The van der Waals surface area contributed by atoms with E-state index >= 15 is 0 Å².